The van der Waals surface area contributed by atoms with E-state index >= 15 is 0 Å². The second-order valence-electron chi connectivity index (χ2n) is 3.45. The predicted molar refractivity (Wildman–Crippen MR) is 58.9 cm³/mol. The van der Waals surface area contributed by atoms with E-state index in [9.17, 15) is 0 Å². The molecule has 0 heteroatoms. The van der Waals surface area contributed by atoms with Gasteiger partial charge < -0.3 is 0 Å². The molecule has 0 atom stereocenters. The van der Waals surface area contributed by atoms with E-state index in [0.717, 1.165) is 0 Å². The van der Waals surface area contributed by atoms with Crippen molar-refractivity contribution in [2.75, 3.05) is 0 Å². The van der Waals surface area contributed by atoms with E-state index in [0.29, 0.717) is 0 Å². The van der Waals surface area contributed by atoms with Gasteiger partial charge >= 0.3 is 0 Å². The Balaban J connectivity index is 2.36. The highest BCUT2D eigenvalue weighted by atomic mass is 14.0. The van der Waals surface area contributed by atoms with Gasteiger partial charge in [0.15, 0.2) is 0 Å². The Morgan fingerprint density at radius 3 is 2.85 bits per heavy atom. The molecule has 0 saturated heterocycles. The summed E-state index contributed by atoms with van der Waals surface area (Å²) in [6.45, 7) is 4.22. The van der Waals surface area contributed by atoms with E-state index in [4.69, 9.17) is 0 Å². The quantitative estimate of drug-likeness (QED) is 0.480. The van der Waals surface area contributed by atoms with Crippen LogP contribution < -0.4 is 0 Å². The fourth-order valence-corrected chi connectivity index (χ4v) is 1.46. The molecule has 0 aromatic heterocycles. The van der Waals surface area contributed by atoms with Crippen LogP contribution in [0.1, 0.15) is 30.9 Å². The molecule has 1 aromatic carbocycles. The largest absolute Gasteiger partial charge is 0.0917 e. The van der Waals surface area contributed by atoms with Gasteiger partial charge in [-0.05, 0) is 38.7 Å². The van der Waals surface area contributed by atoms with Crippen LogP contribution in [0.25, 0.3) is 0 Å². The van der Waals surface area contributed by atoms with Crippen molar-refractivity contribution in [2.24, 2.45) is 0 Å². The summed E-state index contributed by atoms with van der Waals surface area (Å²) < 4.78 is 0. The van der Waals surface area contributed by atoms with Crippen molar-refractivity contribution in [2.45, 2.75) is 33.1 Å². The molecule has 0 fully saturated rings. The molecule has 0 aliphatic heterocycles. The Hall–Kier alpha value is -1.04. The highest BCUT2D eigenvalue weighted by Crippen LogP contribution is 2.07. The monoisotopic (exact) mass is 174 g/mol. The molecule has 0 bridgehead atoms. The number of aryl methyl sites for hydroxylation is 2. The molecule has 0 saturated carbocycles. The van der Waals surface area contributed by atoms with Crippen LogP contribution in [0.2, 0.25) is 0 Å². The first-order valence-corrected chi connectivity index (χ1v) is 4.99. The van der Waals surface area contributed by atoms with Gasteiger partial charge in [0.1, 0.15) is 0 Å². The second-order valence-corrected chi connectivity index (χ2v) is 3.45. The van der Waals surface area contributed by atoms with Gasteiger partial charge in [-0.2, -0.15) is 0 Å². The molecule has 0 radical (unpaired) electrons. The van der Waals surface area contributed by atoms with Gasteiger partial charge in [-0.3, -0.25) is 0 Å². The molecule has 13 heavy (non-hydrogen) atoms. The zero-order chi connectivity index (χ0) is 9.52. The van der Waals surface area contributed by atoms with Crippen LogP contribution in [0.4, 0.5) is 0 Å². The molecule has 1 rings (SSSR count). The van der Waals surface area contributed by atoms with Gasteiger partial charge in [-0.1, -0.05) is 42.0 Å². The first kappa shape index (κ1) is 10.0. The summed E-state index contributed by atoms with van der Waals surface area (Å²) in [5.74, 6) is 0. The first-order chi connectivity index (χ1) is 6.33. The van der Waals surface area contributed by atoms with Crippen LogP contribution in [0.5, 0.6) is 0 Å². The van der Waals surface area contributed by atoms with Gasteiger partial charge in [-0.25, -0.2) is 0 Å². The van der Waals surface area contributed by atoms with Crippen LogP contribution in [-0.4, -0.2) is 0 Å². The number of unbranched alkanes of at least 4 members (excludes halogenated alkanes) is 1. The molecule has 0 nitrogen and oxygen atoms in total. The maximum absolute atomic E-state index is 2.27. The third-order valence-corrected chi connectivity index (χ3v) is 2.15. The molecule has 0 aliphatic rings. The average Bonchev–Trinajstić information content (AvgIpc) is 2.13. The average molecular weight is 174 g/mol. The first-order valence-electron chi connectivity index (χ1n) is 4.99. The number of hydrogen-bond acceptors (Lipinski definition) is 0. The van der Waals surface area contributed by atoms with Crippen LogP contribution in [0.3, 0.4) is 0 Å². The minimum absolute atomic E-state index is 1.20. The molecule has 0 aliphatic carbocycles. The lowest BCUT2D eigenvalue weighted by Crippen LogP contribution is -1.84. The van der Waals surface area contributed by atoms with Gasteiger partial charge in [0.2, 0.25) is 0 Å². The second kappa shape index (κ2) is 5.58. The standard InChI is InChI=1S/C13H18/c1-3-4-5-6-9-13-10-7-8-12(2)11-13/h3-4,7-8,10-11H,5-6,9H2,1-2H3/b4-3+. The summed E-state index contributed by atoms with van der Waals surface area (Å²) in [5, 5.41) is 0. The van der Waals surface area contributed by atoms with Gasteiger partial charge in [0, 0.05) is 0 Å². The normalized spacial score (nSPS) is 10.9. The number of benzene rings is 1. The van der Waals surface area contributed by atoms with Crippen LogP contribution in [0, 0.1) is 6.92 Å². The van der Waals surface area contributed by atoms with Gasteiger partial charge in [0.05, 0.1) is 0 Å². The van der Waals surface area contributed by atoms with Crippen molar-refractivity contribution in [1.29, 1.82) is 0 Å². The van der Waals surface area contributed by atoms with Crippen LogP contribution in [-0.2, 0) is 6.42 Å². The third-order valence-electron chi connectivity index (χ3n) is 2.15. The highest BCUT2D eigenvalue weighted by Gasteiger charge is 1.91. The van der Waals surface area contributed by atoms with Crippen LogP contribution >= 0.6 is 0 Å². The maximum Gasteiger partial charge on any atom is -0.0276 e. The molecule has 0 amide bonds. The highest BCUT2D eigenvalue weighted by molar-refractivity contribution is 5.22. The summed E-state index contributed by atoms with van der Waals surface area (Å²) >= 11 is 0. The lowest BCUT2D eigenvalue weighted by Gasteiger charge is -2.00. The fourth-order valence-electron chi connectivity index (χ4n) is 1.46. The third kappa shape index (κ3) is 3.93. The molecule has 70 valence electrons. The topological polar surface area (TPSA) is 0 Å². The van der Waals surface area contributed by atoms with Crippen molar-refractivity contribution in [3.05, 3.63) is 47.5 Å². The molecule has 0 heterocycles. The molecular formula is C13H18. The van der Waals surface area contributed by atoms with E-state index in [-0.39, 0.29) is 0 Å². The smallest absolute Gasteiger partial charge is 0.0276 e. The van der Waals surface area contributed by atoms with Crippen molar-refractivity contribution in [3.63, 3.8) is 0 Å². The summed E-state index contributed by atoms with van der Waals surface area (Å²) in [6.07, 6.45) is 8.01. The maximum atomic E-state index is 2.27. The van der Waals surface area contributed by atoms with E-state index in [1.807, 2.05) is 0 Å². The molecule has 0 unspecified atom stereocenters. The van der Waals surface area contributed by atoms with Crippen molar-refractivity contribution in [1.82, 2.24) is 0 Å². The predicted octanol–water partition coefficient (Wildman–Crippen LogP) is 3.89. The summed E-state index contributed by atoms with van der Waals surface area (Å²) in [5.41, 5.74) is 2.83. The number of rotatable bonds is 4. The fraction of sp³-hybridized carbons (Fsp3) is 0.385. The summed E-state index contributed by atoms with van der Waals surface area (Å²) in [4.78, 5) is 0. The zero-order valence-electron chi connectivity index (χ0n) is 8.59. The van der Waals surface area contributed by atoms with E-state index < -0.39 is 0 Å². The Labute approximate surface area is 81.3 Å². The zero-order valence-corrected chi connectivity index (χ0v) is 8.59. The van der Waals surface area contributed by atoms with Crippen molar-refractivity contribution >= 4 is 0 Å². The Kier molecular flexibility index (Phi) is 4.31. The van der Waals surface area contributed by atoms with Crippen molar-refractivity contribution < 1.29 is 0 Å². The minimum Gasteiger partial charge on any atom is -0.0917 e. The molecule has 0 N–H and O–H groups in total. The van der Waals surface area contributed by atoms with Gasteiger partial charge in [-0.15, -0.1) is 0 Å². The number of allylic oxidation sites excluding steroid dienone is 2. The molecule has 0 spiro atoms. The SMILES string of the molecule is C/C=C/CCCc1cccc(C)c1. The van der Waals surface area contributed by atoms with Crippen molar-refractivity contribution in [3.8, 4) is 0 Å². The lowest BCUT2D eigenvalue weighted by atomic mass is 10.1. The summed E-state index contributed by atoms with van der Waals surface area (Å²) in [7, 11) is 0. The minimum atomic E-state index is 1.20. The lowest BCUT2D eigenvalue weighted by molar-refractivity contribution is 0.841. The Morgan fingerprint density at radius 2 is 2.15 bits per heavy atom. The molecular weight excluding hydrogens is 156 g/mol. The van der Waals surface area contributed by atoms with Gasteiger partial charge in [0.25, 0.3) is 0 Å². The summed E-state index contributed by atoms with van der Waals surface area (Å²) in [6, 6.07) is 8.77. The van der Waals surface area contributed by atoms with Crippen LogP contribution in [0.15, 0.2) is 36.4 Å². The molecule has 1 aromatic rings. The Bertz CT molecular complexity index is 271. The Morgan fingerprint density at radius 1 is 1.31 bits per heavy atom. The van der Waals surface area contributed by atoms with E-state index in [2.05, 4.69) is 50.3 Å². The number of hydrogen-bond donors (Lipinski definition) is 0. The van der Waals surface area contributed by atoms with E-state index in [1.165, 1.54) is 30.4 Å². The van der Waals surface area contributed by atoms with E-state index in [1.54, 1.807) is 0 Å².